The van der Waals surface area contributed by atoms with Crippen LogP contribution in [-0.2, 0) is 4.79 Å². The van der Waals surface area contributed by atoms with Crippen molar-refractivity contribution in [2.75, 3.05) is 13.7 Å². The molecule has 2 aromatic carbocycles. The summed E-state index contributed by atoms with van der Waals surface area (Å²) in [6.07, 6.45) is 1.82. The lowest BCUT2D eigenvalue weighted by molar-refractivity contribution is -0.126. The van der Waals surface area contributed by atoms with Gasteiger partial charge >= 0.3 is 0 Å². The van der Waals surface area contributed by atoms with E-state index in [-0.39, 0.29) is 17.9 Å². The van der Waals surface area contributed by atoms with Crippen LogP contribution < -0.4 is 15.4 Å². The minimum Gasteiger partial charge on any atom is -0.496 e. The van der Waals surface area contributed by atoms with Crippen molar-refractivity contribution in [3.05, 3.63) is 54.1 Å². The summed E-state index contributed by atoms with van der Waals surface area (Å²) in [6, 6.07) is 16.7. The second kappa shape index (κ2) is 8.37. The molecular weight excluding hydrogens is 324 g/mol. The number of piperidine rings is 1. The number of para-hydroxylation sites is 1. The van der Waals surface area contributed by atoms with Gasteiger partial charge in [0.2, 0.25) is 5.91 Å². The Morgan fingerprint density at radius 3 is 2.62 bits per heavy atom. The lowest BCUT2D eigenvalue weighted by Crippen LogP contribution is -2.42. The van der Waals surface area contributed by atoms with Gasteiger partial charge in [0.05, 0.1) is 13.2 Å². The van der Waals surface area contributed by atoms with Gasteiger partial charge in [0.15, 0.2) is 0 Å². The van der Waals surface area contributed by atoms with E-state index in [4.69, 9.17) is 4.74 Å². The Labute approximate surface area is 156 Å². The molecule has 0 aliphatic carbocycles. The van der Waals surface area contributed by atoms with Crippen molar-refractivity contribution in [2.45, 2.75) is 38.8 Å². The number of hydrogen-bond donors (Lipinski definition) is 2. The predicted octanol–water partition coefficient (Wildman–Crippen LogP) is 3.93. The normalized spacial score (nSPS) is 21.0. The highest BCUT2D eigenvalue weighted by atomic mass is 16.5. The van der Waals surface area contributed by atoms with Crippen molar-refractivity contribution >= 4 is 5.91 Å². The Bertz CT molecular complexity index is 742. The molecule has 4 nitrogen and oxygen atoms in total. The largest absolute Gasteiger partial charge is 0.496 e. The van der Waals surface area contributed by atoms with Crippen LogP contribution in [0.5, 0.6) is 5.75 Å². The molecule has 1 aliphatic rings. The molecule has 0 radical (unpaired) electrons. The van der Waals surface area contributed by atoms with E-state index in [0.717, 1.165) is 41.8 Å². The molecule has 0 saturated carbocycles. The van der Waals surface area contributed by atoms with Crippen LogP contribution in [0, 0.1) is 5.92 Å². The summed E-state index contributed by atoms with van der Waals surface area (Å²) in [5.74, 6) is 1.14. The number of methoxy groups -OCH3 is 1. The van der Waals surface area contributed by atoms with Gasteiger partial charge in [0.25, 0.3) is 0 Å². The molecule has 1 fully saturated rings. The lowest BCUT2D eigenvalue weighted by Gasteiger charge is -2.28. The number of rotatable bonds is 5. The molecule has 4 heteroatoms. The van der Waals surface area contributed by atoms with Gasteiger partial charge in [-0.05, 0) is 50.4 Å². The highest BCUT2D eigenvalue weighted by molar-refractivity contribution is 5.79. The van der Waals surface area contributed by atoms with Crippen LogP contribution >= 0.6 is 0 Å². The van der Waals surface area contributed by atoms with Gasteiger partial charge in [-0.1, -0.05) is 42.5 Å². The molecule has 1 saturated heterocycles. The quantitative estimate of drug-likeness (QED) is 0.857. The first-order valence-electron chi connectivity index (χ1n) is 9.35. The fourth-order valence-corrected chi connectivity index (χ4v) is 3.62. The fourth-order valence-electron chi connectivity index (χ4n) is 3.62. The van der Waals surface area contributed by atoms with E-state index in [2.05, 4.69) is 47.9 Å². The second-order valence-corrected chi connectivity index (χ2v) is 7.13. The maximum Gasteiger partial charge on any atom is 0.223 e. The highest BCUT2D eigenvalue weighted by Gasteiger charge is 2.25. The third-order valence-corrected chi connectivity index (χ3v) is 5.18. The summed E-state index contributed by atoms with van der Waals surface area (Å²) in [5, 5.41) is 6.57. The van der Waals surface area contributed by atoms with Crippen molar-refractivity contribution in [2.24, 2.45) is 5.92 Å². The van der Waals surface area contributed by atoms with Gasteiger partial charge in [0.1, 0.15) is 5.75 Å². The van der Waals surface area contributed by atoms with E-state index in [1.807, 2.05) is 25.1 Å². The molecule has 3 atom stereocenters. The maximum atomic E-state index is 12.5. The molecule has 1 unspecified atom stereocenters. The van der Waals surface area contributed by atoms with E-state index < -0.39 is 0 Å². The SMILES string of the molecule is COc1ccccc1-c1ccc(C(C)NC(=O)[C@H]2CCN[C@@H](C)C2)cc1. The first kappa shape index (κ1) is 18.5. The molecule has 0 aromatic heterocycles. The van der Waals surface area contributed by atoms with E-state index in [1.54, 1.807) is 7.11 Å². The van der Waals surface area contributed by atoms with Crippen molar-refractivity contribution in [3.63, 3.8) is 0 Å². The zero-order valence-corrected chi connectivity index (χ0v) is 15.8. The summed E-state index contributed by atoms with van der Waals surface area (Å²) in [4.78, 5) is 12.5. The molecule has 1 aliphatic heterocycles. The van der Waals surface area contributed by atoms with Crippen LogP contribution in [0.4, 0.5) is 0 Å². The molecule has 2 N–H and O–H groups in total. The summed E-state index contributed by atoms with van der Waals surface area (Å²) in [7, 11) is 1.69. The van der Waals surface area contributed by atoms with E-state index >= 15 is 0 Å². The number of carbonyl (C=O) groups excluding carboxylic acids is 1. The zero-order valence-electron chi connectivity index (χ0n) is 15.8. The first-order chi connectivity index (χ1) is 12.6. The summed E-state index contributed by atoms with van der Waals surface area (Å²) in [6.45, 7) is 5.10. The molecule has 0 spiro atoms. The van der Waals surface area contributed by atoms with Crippen molar-refractivity contribution in [3.8, 4) is 16.9 Å². The third-order valence-electron chi connectivity index (χ3n) is 5.18. The van der Waals surface area contributed by atoms with Gasteiger partial charge in [-0.15, -0.1) is 0 Å². The number of ether oxygens (including phenoxy) is 1. The van der Waals surface area contributed by atoms with Crippen LogP contribution in [-0.4, -0.2) is 25.6 Å². The number of benzene rings is 2. The number of hydrogen-bond acceptors (Lipinski definition) is 3. The average molecular weight is 352 g/mol. The second-order valence-electron chi connectivity index (χ2n) is 7.13. The molecule has 1 heterocycles. The Kier molecular flexibility index (Phi) is 5.94. The summed E-state index contributed by atoms with van der Waals surface area (Å²) >= 11 is 0. The topological polar surface area (TPSA) is 50.4 Å². The Hall–Kier alpha value is -2.33. The Morgan fingerprint density at radius 1 is 1.19 bits per heavy atom. The van der Waals surface area contributed by atoms with Gasteiger partial charge in [-0.25, -0.2) is 0 Å². The van der Waals surface area contributed by atoms with Gasteiger partial charge in [-0.2, -0.15) is 0 Å². The molecule has 26 heavy (non-hydrogen) atoms. The predicted molar refractivity (Wildman–Crippen MR) is 105 cm³/mol. The maximum absolute atomic E-state index is 12.5. The van der Waals surface area contributed by atoms with Crippen LogP contribution in [0.3, 0.4) is 0 Å². The average Bonchev–Trinajstić information content (AvgIpc) is 2.68. The standard InChI is InChI=1S/C22H28N2O2/c1-15-14-19(12-13-23-15)22(25)24-16(2)17-8-10-18(11-9-17)20-6-4-5-7-21(20)26-3/h4-11,15-16,19,23H,12-14H2,1-3H3,(H,24,25)/t15-,16?,19-/m0/s1. The van der Waals surface area contributed by atoms with Crippen molar-refractivity contribution in [1.29, 1.82) is 0 Å². The number of carbonyl (C=O) groups is 1. The lowest BCUT2D eigenvalue weighted by atomic mass is 9.92. The van der Waals surface area contributed by atoms with E-state index in [9.17, 15) is 4.79 Å². The minimum absolute atomic E-state index is 0.000546. The van der Waals surface area contributed by atoms with Crippen LogP contribution in [0.25, 0.3) is 11.1 Å². The van der Waals surface area contributed by atoms with Crippen LogP contribution in [0.15, 0.2) is 48.5 Å². The molecular formula is C22H28N2O2. The first-order valence-corrected chi connectivity index (χ1v) is 9.35. The minimum atomic E-state index is -0.000546. The van der Waals surface area contributed by atoms with Crippen LogP contribution in [0.2, 0.25) is 0 Å². The zero-order chi connectivity index (χ0) is 18.5. The van der Waals surface area contributed by atoms with E-state index in [1.165, 1.54) is 0 Å². The molecule has 2 aromatic rings. The van der Waals surface area contributed by atoms with Gasteiger partial charge in [0, 0.05) is 17.5 Å². The Morgan fingerprint density at radius 2 is 1.92 bits per heavy atom. The highest BCUT2D eigenvalue weighted by Crippen LogP contribution is 2.30. The number of amides is 1. The van der Waals surface area contributed by atoms with Gasteiger partial charge in [-0.3, -0.25) is 4.79 Å². The monoisotopic (exact) mass is 352 g/mol. The number of nitrogens with one attached hydrogen (secondary N) is 2. The third kappa shape index (κ3) is 4.25. The van der Waals surface area contributed by atoms with Crippen molar-refractivity contribution < 1.29 is 9.53 Å². The molecule has 138 valence electrons. The van der Waals surface area contributed by atoms with Crippen molar-refractivity contribution in [1.82, 2.24) is 10.6 Å². The van der Waals surface area contributed by atoms with Gasteiger partial charge < -0.3 is 15.4 Å². The molecule has 1 amide bonds. The summed E-state index contributed by atoms with van der Waals surface area (Å²) in [5.41, 5.74) is 3.29. The molecule has 0 bridgehead atoms. The van der Waals surface area contributed by atoms with Crippen LogP contribution in [0.1, 0.15) is 38.3 Å². The fraction of sp³-hybridized carbons (Fsp3) is 0.409. The summed E-state index contributed by atoms with van der Waals surface area (Å²) < 4.78 is 5.44. The molecule has 3 rings (SSSR count). The van der Waals surface area contributed by atoms with E-state index in [0.29, 0.717) is 6.04 Å². The smallest absolute Gasteiger partial charge is 0.223 e. The Balaban J connectivity index is 1.67.